The van der Waals surface area contributed by atoms with Crippen LogP contribution >= 0.6 is 0 Å². The molecule has 2 aromatic rings. The molecule has 0 radical (unpaired) electrons. The monoisotopic (exact) mass is 367 g/mol. The fraction of sp³-hybridized carbons (Fsp3) is 0.545. The maximum Gasteiger partial charge on any atom is 0.410 e. The first kappa shape index (κ1) is 18.1. The maximum absolute atomic E-state index is 12.2. The zero-order valence-corrected chi connectivity index (χ0v) is 16.5. The highest BCUT2D eigenvalue weighted by Gasteiger charge is 2.46. The molecule has 0 unspecified atom stereocenters. The number of aromatic nitrogens is 1. The largest absolute Gasteiger partial charge is 0.444 e. The first-order valence-corrected chi connectivity index (χ1v) is 9.92. The fourth-order valence-corrected chi connectivity index (χ4v) is 4.43. The quantitative estimate of drug-likeness (QED) is 0.826. The lowest BCUT2D eigenvalue weighted by atomic mass is 9.60. The number of nitrogens with zero attached hydrogens (tertiary/aromatic N) is 2. The van der Waals surface area contributed by atoms with Gasteiger partial charge in [0.25, 0.3) is 0 Å². The van der Waals surface area contributed by atoms with Crippen molar-refractivity contribution >= 4 is 22.7 Å². The number of ether oxygens (including phenoxy) is 1. The Morgan fingerprint density at radius 3 is 2.59 bits per heavy atom. The highest BCUT2D eigenvalue weighted by Crippen LogP contribution is 2.50. The van der Waals surface area contributed by atoms with E-state index in [1.807, 2.05) is 37.9 Å². The van der Waals surface area contributed by atoms with Gasteiger partial charge in [-0.1, -0.05) is 18.2 Å². The van der Waals surface area contributed by atoms with Gasteiger partial charge in [0.2, 0.25) is 0 Å². The Kier molecular flexibility index (Phi) is 4.49. The van der Waals surface area contributed by atoms with Gasteiger partial charge in [0.1, 0.15) is 5.60 Å². The van der Waals surface area contributed by atoms with Crippen LogP contribution in [-0.4, -0.2) is 40.7 Å². The smallest absolute Gasteiger partial charge is 0.410 e. The number of hydrogen-bond acceptors (Lipinski definition) is 4. The first-order chi connectivity index (χ1) is 12.8. The van der Waals surface area contributed by atoms with Crippen LogP contribution in [0.15, 0.2) is 36.5 Å². The van der Waals surface area contributed by atoms with E-state index in [-0.39, 0.29) is 6.09 Å². The van der Waals surface area contributed by atoms with Gasteiger partial charge in [-0.3, -0.25) is 4.98 Å². The van der Waals surface area contributed by atoms with E-state index >= 15 is 0 Å². The van der Waals surface area contributed by atoms with E-state index in [1.165, 1.54) is 23.9 Å². The molecular formula is C22H29N3O2. The molecule has 1 aliphatic heterocycles. The molecular weight excluding hydrogens is 338 g/mol. The third kappa shape index (κ3) is 3.87. The van der Waals surface area contributed by atoms with Crippen LogP contribution in [0.5, 0.6) is 0 Å². The van der Waals surface area contributed by atoms with E-state index in [1.54, 1.807) is 0 Å². The third-order valence-corrected chi connectivity index (χ3v) is 5.84. The standard InChI is InChI=1S/C22H29N3O2/c1-21(2,3)27-20(26)25-12-9-22(10-13-25)14-16(15-22)24-19-8-11-23-18-7-5-4-6-17(18)19/h4-8,11,16H,9-10,12-15H2,1-3H3,(H,23,24). The number of nitrogens with one attached hydrogen (secondary N) is 1. The predicted molar refractivity (Wildman–Crippen MR) is 108 cm³/mol. The molecule has 1 amide bonds. The molecule has 1 saturated heterocycles. The first-order valence-electron chi connectivity index (χ1n) is 9.92. The van der Waals surface area contributed by atoms with Gasteiger partial charge in [-0.2, -0.15) is 0 Å². The van der Waals surface area contributed by atoms with E-state index in [0.29, 0.717) is 11.5 Å². The Morgan fingerprint density at radius 2 is 1.89 bits per heavy atom. The van der Waals surface area contributed by atoms with E-state index in [9.17, 15) is 4.79 Å². The van der Waals surface area contributed by atoms with Crippen LogP contribution in [0.1, 0.15) is 46.5 Å². The molecule has 0 atom stereocenters. The minimum Gasteiger partial charge on any atom is -0.444 e. The van der Waals surface area contributed by atoms with Crippen molar-refractivity contribution < 1.29 is 9.53 Å². The fourth-order valence-electron chi connectivity index (χ4n) is 4.43. The minimum atomic E-state index is -0.426. The molecule has 5 heteroatoms. The summed E-state index contributed by atoms with van der Waals surface area (Å²) in [5.74, 6) is 0. The van der Waals surface area contributed by atoms with Crippen LogP contribution in [0.2, 0.25) is 0 Å². The maximum atomic E-state index is 12.2. The number of likely N-dealkylation sites (tertiary alicyclic amines) is 1. The summed E-state index contributed by atoms with van der Waals surface area (Å²) < 4.78 is 5.51. The average molecular weight is 367 g/mol. The summed E-state index contributed by atoms with van der Waals surface area (Å²) in [7, 11) is 0. The Bertz CT molecular complexity index is 822. The Morgan fingerprint density at radius 1 is 1.19 bits per heavy atom. The van der Waals surface area contributed by atoms with E-state index in [4.69, 9.17) is 4.74 Å². The summed E-state index contributed by atoms with van der Waals surface area (Å²) in [5, 5.41) is 4.89. The lowest BCUT2D eigenvalue weighted by molar-refractivity contribution is -0.00858. The summed E-state index contributed by atoms with van der Waals surface area (Å²) in [5.41, 5.74) is 2.16. The number of amides is 1. The van der Waals surface area contributed by atoms with E-state index < -0.39 is 5.60 Å². The predicted octanol–water partition coefficient (Wildman–Crippen LogP) is 4.83. The summed E-state index contributed by atoms with van der Waals surface area (Å²) in [6, 6.07) is 10.8. The molecule has 5 nitrogen and oxygen atoms in total. The van der Waals surface area contributed by atoms with Crippen LogP contribution < -0.4 is 5.32 Å². The topological polar surface area (TPSA) is 54.5 Å². The van der Waals surface area contributed by atoms with Crippen molar-refractivity contribution in [3.05, 3.63) is 36.5 Å². The summed E-state index contributed by atoms with van der Waals surface area (Å²) in [6.07, 6.45) is 6.19. The molecule has 2 heterocycles. The van der Waals surface area contributed by atoms with Crippen molar-refractivity contribution in [2.75, 3.05) is 18.4 Å². The van der Waals surface area contributed by atoms with Crippen molar-refractivity contribution in [2.24, 2.45) is 5.41 Å². The average Bonchev–Trinajstić information content (AvgIpc) is 2.60. The van der Waals surface area contributed by atoms with Crippen molar-refractivity contribution in [1.29, 1.82) is 0 Å². The summed E-state index contributed by atoms with van der Waals surface area (Å²) >= 11 is 0. The second kappa shape index (κ2) is 6.70. The van der Waals surface area contributed by atoms with Crippen LogP contribution in [0, 0.1) is 5.41 Å². The SMILES string of the molecule is CC(C)(C)OC(=O)N1CCC2(CC1)CC(Nc1ccnc3ccccc13)C2. The van der Waals surface area contributed by atoms with Gasteiger partial charge in [-0.25, -0.2) is 4.79 Å². The molecule has 2 aliphatic rings. The lowest BCUT2D eigenvalue weighted by Gasteiger charge is -2.52. The number of rotatable bonds is 2. The van der Waals surface area contributed by atoms with Gasteiger partial charge >= 0.3 is 6.09 Å². The molecule has 27 heavy (non-hydrogen) atoms. The Labute approximate surface area is 161 Å². The van der Waals surface area contributed by atoms with Crippen LogP contribution in [-0.2, 0) is 4.74 Å². The number of hydrogen-bond donors (Lipinski definition) is 1. The summed E-state index contributed by atoms with van der Waals surface area (Å²) in [4.78, 5) is 18.6. The molecule has 144 valence electrons. The van der Waals surface area contributed by atoms with Gasteiger partial charge < -0.3 is 15.0 Å². The van der Waals surface area contributed by atoms with Crippen molar-refractivity contribution in [1.82, 2.24) is 9.88 Å². The van der Waals surface area contributed by atoms with Gasteiger partial charge in [-0.15, -0.1) is 0 Å². The second-order valence-corrected chi connectivity index (χ2v) is 9.09. The van der Waals surface area contributed by atoms with E-state index in [2.05, 4.69) is 34.6 Å². The Hall–Kier alpha value is -2.30. The number of benzene rings is 1. The number of para-hydroxylation sites is 1. The Balaban J connectivity index is 1.32. The molecule has 0 bridgehead atoms. The number of pyridine rings is 1. The van der Waals surface area contributed by atoms with Crippen LogP contribution in [0.4, 0.5) is 10.5 Å². The van der Waals surface area contributed by atoms with Gasteiger partial charge in [0.15, 0.2) is 0 Å². The highest BCUT2D eigenvalue weighted by molar-refractivity contribution is 5.91. The molecule has 1 aromatic heterocycles. The van der Waals surface area contributed by atoms with Crippen LogP contribution in [0.25, 0.3) is 10.9 Å². The molecule has 1 aliphatic carbocycles. The van der Waals surface area contributed by atoms with Crippen molar-refractivity contribution in [2.45, 2.75) is 58.1 Å². The summed E-state index contributed by atoms with van der Waals surface area (Å²) in [6.45, 7) is 7.36. The second-order valence-electron chi connectivity index (χ2n) is 9.09. The molecule has 2 fully saturated rings. The van der Waals surface area contributed by atoms with Crippen LogP contribution in [0.3, 0.4) is 0 Å². The van der Waals surface area contributed by atoms with Gasteiger partial charge in [0, 0.05) is 36.4 Å². The molecule has 1 aromatic carbocycles. The van der Waals surface area contributed by atoms with Gasteiger partial charge in [-0.05, 0) is 64.0 Å². The normalized spacial score (nSPS) is 19.7. The number of carbonyl (C=O) groups excluding carboxylic acids is 1. The zero-order valence-electron chi connectivity index (χ0n) is 16.5. The minimum absolute atomic E-state index is 0.172. The molecule has 1 saturated carbocycles. The van der Waals surface area contributed by atoms with E-state index in [0.717, 1.165) is 31.4 Å². The van der Waals surface area contributed by atoms with Crippen molar-refractivity contribution in [3.63, 3.8) is 0 Å². The van der Waals surface area contributed by atoms with Gasteiger partial charge in [0.05, 0.1) is 5.52 Å². The molecule has 1 N–H and O–H groups in total. The molecule has 4 rings (SSSR count). The zero-order chi connectivity index (χ0) is 19.1. The molecule has 1 spiro atoms. The number of carbonyl (C=O) groups is 1. The highest BCUT2D eigenvalue weighted by atomic mass is 16.6. The lowest BCUT2D eigenvalue weighted by Crippen LogP contribution is -2.53. The number of fused-ring (bicyclic) bond motifs is 1. The van der Waals surface area contributed by atoms with Crippen molar-refractivity contribution in [3.8, 4) is 0 Å². The number of anilines is 1. The number of piperidine rings is 1. The third-order valence-electron chi connectivity index (χ3n) is 5.84.